The highest BCUT2D eigenvalue weighted by molar-refractivity contribution is 5.94. The number of amides is 1. The molecule has 1 aliphatic carbocycles. The van der Waals surface area contributed by atoms with Gasteiger partial charge in [0.15, 0.2) is 0 Å². The van der Waals surface area contributed by atoms with Crippen LogP contribution in [0.25, 0.3) is 0 Å². The van der Waals surface area contributed by atoms with Crippen molar-refractivity contribution in [3.05, 3.63) is 35.4 Å². The number of aliphatic hydroxyl groups excluding tert-OH is 1. The third-order valence-corrected chi connectivity index (χ3v) is 4.21. The highest BCUT2D eigenvalue weighted by atomic mass is 16.3. The molecule has 2 N–H and O–H groups in total. The fourth-order valence-electron chi connectivity index (χ4n) is 2.99. The first-order valence-electron chi connectivity index (χ1n) is 7.72. The van der Waals surface area contributed by atoms with Crippen LogP contribution in [0.2, 0.25) is 0 Å². The summed E-state index contributed by atoms with van der Waals surface area (Å²) in [4.78, 5) is 14.5. The quantitative estimate of drug-likeness (QED) is 0.874. The standard InChI is InChI=1S/C17H26N2O2/c1-19(2)12-14-6-8-15(9-7-14)16(21)18-17(13-20)10-4-3-5-11-17/h6-9,20H,3-5,10-13H2,1-2H3,(H,18,21). The van der Waals surface area contributed by atoms with Crippen LogP contribution in [0.1, 0.15) is 48.0 Å². The Bertz CT molecular complexity index is 462. The predicted molar refractivity (Wildman–Crippen MR) is 84.2 cm³/mol. The topological polar surface area (TPSA) is 52.6 Å². The average Bonchev–Trinajstić information content (AvgIpc) is 2.48. The van der Waals surface area contributed by atoms with E-state index in [0.29, 0.717) is 5.56 Å². The molecule has 21 heavy (non-hydrogen) atoms. The van der Waals surface area contributed by atoms with Crippen molar-refractivity contribution in [2.24, 2.45) is 0 Å². The van der Waals surface area contributed by atoms with Gasteiger partial charge in [0, 0.05) is 12.1 Å². The first kappa shape index (κ1) is 16.0. The van der Waals surface area contributed by atoms with Crippen LogP contribution < -0.4 is 5.32 Å². The summed E-state index contributed by atoms with van der Waals surface area (Å²) in [5.74, 6) is -0.0812. The molecular weight excluding hydrogens is 264 g/mol. The smallest absolute Gasteiger partial charge is 0.251 e. The number of rotatable bonds is 5. The summed E-state index contributed by atoms with van der Waals surface area (Å²) in [6.07, 6.45) is 5.07. The van der Waals surface area contributed by atoms with E-state index in [1.54, 1.807) is 0 Å². The maximum Gasteiger partial charge on any atom is 0.251 e. The Balaban J connectivity index is 2.02. The normalized spacial score (nSPS) is 17.7. The summed E-state index contributed by atoms with van der Waals surface area (Å²) in [6, 6.07) is 7.70. The number of nitrogens with one attached hydrogen (secondary N) is 1. The van der Waals surface area contributed by atoms with Gasteiger partial charge in [0.1, 0.15) is 0 Å². The van der Waals surface area contributed by atoms with Crippen molar-refractivity contribution in [2.75, 3.05) is 20.7 Å². The molecule has 1 fully saturated rings. The SMILES string of the molecule is CN(C)Cc1ccc(C(=O)NC2(CO)CCCCC2)cc1. The van der Waals surface area contributed by atoms with Crippen LogP contribution in [0, 0.1) is 0 Å². The summed E-state index contributed by atoms with van der Waals surface area (Å²) >= 11 is 0. The minimum absolute atomic E-state index is 0.0253. The van der Waals surface area contributed by atoms with Crippen molar-refractivity contribution in [3.8, 4) is 0 Å². The van der Waals surface area contributed by atoms with Gasteiger partial charge in [-0.05, 0) is 44.6 Å². The lowest BCUT2D eigenvalue weighted by Gasteiger charge is -2.36. The van der Waals surface area contributed by atoms with Crippen molar-refractivity contribution in [1.29, 1.82) is 0 Å². The van der Waals surface area contributed by atoms with E-state index in [1.165, 1.54) is 12.0 Å². The van der Waals surface area contributed by atoms with Gasteiger partial charge in [0.2, 0.25) is 0 Å². The minimum Gasteiger partial charge on any atom is -0.394 e. The van der Waals surface area contributed by atoms with E-state index in [0.717, 1.165) is 32.2 Å². The van der Waals surface area contributed by atoms with Crippen LogP contribution >= 0.6 is 0 Å². The van der Waals surface area contributed by atoms with E-state index in [-0.39, 0.29) is 12.5 Å². The summed E-state index contributed by atoms with van der Waals surface area (Å²) in [5.41, 5.74) is 1.43. The van der Waals surface area contributed by atoms with Crippen LogP contribution in [0.3, 0.4) is 0 Å². The maximum atomic E-state index is 12.4. The molecule has 4 heteroatoms. The lowest BCUT2D eigenvalue weighted by Crippen LogP contribution is -2.52. The second kappa shape index (κ2) is 7.05. The lowest BCUT2D eigenvalue weighted by molar-refractivity contribution is 0.0758. The molecule has 1 aromatic carbocycles. The van der Waals surface area contributed by atoms with Crippen molar-refractivity contribution < 1.29 is 9.90 Å². The molecule has 2 rings (SSSR count). The maximum absolute atomic E-state index is 12.4. The van der Waals surface area contributed by atoms with E-state index >= 15 is 0 Å². The Kier molecular flexibility index (Phi) is 5.37. The molecule has 0 saturated heterocycles. The summed E-state index contributed by atoms with van der Waals surface area (Å²) in [6.45, 7) is 0.889. The molecule has 0 unspecified atom stereocenters. The van der Waals surface area contributed by atoms with E-state index in [4.69, 9.17) is 0 Å². The molecule has 0 spiro atoms. The zero-order chi connectivity index (χ0) is 15.3. The molecule has 1 saturated carbocycles. The third kappa shape index (κ3) is 4.29. The fraction of sp³-hybridized carbons (Fsp3) is 0.588. The monoisotopic (exact) mass is 290 g/mol. The van der Waals surface area contributed by atoms with Gasteiger partial charge >= 0.3 is 0 Å². The summed E-state index contributed by atoms with van der Waals surface area (Å²) < 4.78 is 0. The van der Waals surface area contributed by atoms with E-state index < -0.39 is 5.54 Å². The highest BCUT2D eigenvalue weighted by Crippen LogP contribution is 2.28. The average molecular weight is 290 g/mol. The summed E-state index contributed by atoms with van der Waals surface area (Å²) in [5, 5.41) is 12.7. The van der Waals surface area contributed by atoms with Crippen molar-refractivity contribution in [2.45, 2.75) is 44.2 Å². The molecule has 0 heterocycles. The molecule has 1 aromatic rings. The number of nitrogens with zero attached hydrogens (tertiary/aromatic N) is 1. The van der Waals surface area contributed by atoms with Gasteiger partial charge in [-0.1, -0.05) is 31.4 Å². The molecule has 0 bridgehead atoms. The Labute approximate surface area is 127 Å². The second-order valence-corrected chi connectivity index (χ2v) is 6.39. The zero-order valence-corrected chi connectivity index (χ0v) is 13.1. The summed E-state index contributed by atoms with van der Waals surface area (Å²) in [7, 11) is 4.05. The Morgan fingerprint density at radius 1 is 1.19 bits per heavy atom. The number of hydrogen-bond donors (Lipinski definition) is 2. The molecule has 0 aromatic heterocycles. The van der Waals surface area contributed by atoms with E-state index in [9.17, 15) is 9.90 Å². The molecule has 116 valence electrons. The van der Waals surface area contributed by atoms with Crippen LogP contribution in [-0.4, -0.2) is 42.2 Å². The Morgan fingerprint density at radius 2 is 1.81 bits per heavy atom. The van der Waals surface area contributed by atoms with Crippen molar-refractivity contribution >= 4 is 5.91 Å². The number of carbonyl (C=O) groups is 1. The van der Waals surface area contributed by atoms with Crippen LogP contribution in [0.5, 0.6) is 0 Å². The van der Waals surface area contributed by atoms with Crippen molar-refractivity contribution in [3.63, 3.8) is 0 Å². The van der Waals surface area contributed by atoms with Crippen LogP contribution in [0.15, 0.2) is 24.3 Å². The van der Waals surface area contributed by atoms with Gasteiger partial charge in [0.25, 0.3) is 5.91 Å². The lowest BCUT2D eigenvalue weighted by atomic mass is 9.82. The molecule has 4 nitrogen and oxygen atoms in total. The predicted octanol–water partition coefficient (Wildman–Crippen LogP) is 2.17. The zero-order valence-electron chi connectivity index (χ0n) is 13.1. The second-order valence-electron chi connectivity index (χ2n) is 6.39. The molecule has 0 atom stereocenters. The number of hydrogen-bond acceptors (Lipinski definition) is 3. The molecule has 1 aliphatic rings. The fourth-order valence-corrected chi connectivity index (χ4v) is 2.99. The molecule has 1 amide bonds. The molecular formula is C17H26N2O2. The Hall–Kier alpha value is -1.39. The van der Waals surface area contributed by atoms with Crippen LogP contribution in [0.4, 0.5) is 0 Å². The van der Waals surface area contributed by atoms with Crippen LogP contribution in [-0.2, 0) is 6.54 Å². The van der Waals surface area contributed by atoms with E-state index in [1.807, 2.05) is 38.4 Å². The number of benzene rings is 1. The van der Waals surface area contributed by atoms with Gasteiger partial charge in [-0.2, -0.15) is 0 Å². The Morgan fingerprint density at radius 3 is 2.33 bits per heavy atom. The van der Waals surface area contributed by atoms with Crippen molar-refractivity contribution in [1.82, 2.24) is 10.2 Å². The minimum atomic E-state index is -0.419. The third-order valence-electron chi connectivity index (χ3n) is 4.21. The van der Waals surface area contributed by atoms with Gasteiger partial charge in [0.05, 0.1) is 12.1 Å². The van der Waals surface area contributed by atoms with Gasteiger partial charge in [-0.15, -0.1) is 0 Å². The van der Waals surface area contributed by atoms with Gasteiger partial charge in [-0.25, -0.2) is 0 Å². The highest BCUT2D eigenvalue weighted by Gasteiger charge is 2.33. The van der Waals surface area contributed by atoms with Gasteiger partial charge in [-0.3, -0.25) is 4.79 Å². The molecule has 0 radical (unpaired) electrons. The molecule has 0 aliphatic heterocycles. The largest absolute Gasteiger partial charge is 0.394 e. The number of carbonyl (C=O) groups excluding carboxylic acids is 1. The first-order chi connectivity index (χ1) is 10.0. The number of aliphatic hydroxyl groups is 1. The van der Waals surface area contributed by atoms with E-state index in [2.05, 4.69) is 10.2 Å². The van der Waals surface area contributed by atoms with Gasteiger partial charge < -0.3 is 15.3 Å². The first-order valence-corrected chi connectivity index (χ1v) is 7.72.